The first kappa shape index (κ1) is 25.3. The molecule has 2 N–H and O–H groups in total. The van der Waals surface area contributed by atoms with Gasteiger partial charge in [0.2, 0.25) is 0 Å². The first-order chi connectivity index (χ1) is 17.6. The van der Waals surface area contributed by atoms with E-state index >= 15 is 0 Å². The predicted molar refractivity (Wildman–Crippen MR) is 146 cm³/mol. The van der Waals surface area contributed by atoms with Gasteiger partial charge in [-0.15, -0.1) is 11.8 Å². The number of fused-ring (bicyclic) bond motifs is 3. The van der Waals surface area contributed by atoms with Crippen LogP contribution in [0.3, 0.4) is 0 Å². The third kappa shape index (κ3) is 4.68. The van der Waals surface area contributed by atoms with Crippen LogP contribution in [0.5, 0.6) is 0 Å². The van der Waals surface area contributed by atoms with E-state index in [-0.39, 0.29) is 35.8 Å². The van der Waals surface area contributed by atoms with Crippen LogP contribution in [0.4, 0.5) is 0 Å². The Morgan fingerprint density at radius 2 is 1.81 bits per heavy atom. The van der Waals surface area contributed by atoms with Crippen LogP contribution in [0.15, 0.2) is 85.0 Å². The normalized spacial score (nSPS) is 33.2. The van der Waals surface area contributed by atoms with E-state index < -0.39 is 10.9 Å². The van der Waals surface area contributed by atoms with E-state index in [0.29, 0.717) is 6.54 Å². The summed E-state index contributed by atoms with van der Waals surface area (Å²) in [5.41, 5.74) is 2.55. The van der Waals surface area contributed by atoms with Crippen molar-refractivity contribution in [1.29, 1.82) is 0 Å². The maximum Gasteiger partial charge on any atom is 0.308 e. The fraction of sp³-hybridized carbons (Fsp3) is 0.433. The molecular formula is C30H36N2O3S. The SMILES string of the molecule is COC1(SC)C=CC=CC1CN[C@H]1[C@H]2CCN(C[C@@H]2C(=O)O)[C@H]1C(c1ccccc1)c1ccccc1. The summed E-state index contributed by atoms with van der Waals surface area (Å²) in [6.45, 7) is 2.27. The van der Waals surface area contributed by atoms with Gasteiger partial charge >= 0.3 is 5.97 Å². The summed E-state index contributed by atoms with van der Waals surface area (Å²) in [7, 11) is 1.77. The number of carboxylic acid groups (broad SMARTS) is 1. The van der Waals surface area contributed by atoms with E-state index in [9.17, 15) is 9.90 Å². The summed E-state index contributed by atoms with van der Waals surface area (Å²) in [6.07, 6.45) is 11.5. The van der Waals surface area contributed by atoms with Gasteiger partial charge in [0.15, 0.2) is 0 Å². The van der Waals surface area contributed by atoms with Crippen LogP contribution in [0, 0.1) is 17.8 Å². The predicted octanol–water partition coefficient (Wildman–Crippen LogP) is 4.63. The fourth-order valence-corrected chi connectivity index (χ4v) is 7.52. The Hall–Kier alpha value is -2.38. The maximum absolute atomic E-state index is 12.3. The molecule has 3 unspecified atom stereocenters. The van der Waals surface area contributed by atoms with Gasteiger partial charge in [0.05, 0.1) is 5.92 Å². The average molecular weight is 505 g/mol. The smallest absolute Gasteiger partial charge is 0.308 e. The molecule has 190 valence electrons. The van der Waals surface area contributed by atoms with Crippen molar-refractivity contribution < 1.29 is 14.6 Å². The number of allylic oxidation sites excluding steroid dienone is 2. The molecule has 2 aromatic rings. The molecule has 7 atom stereocenters. The molecule has 5 nitrogen and oxygen atoms in total. The molecule has 4 aliphatic rings. The Morgan fingerprint density at radius 3 is 2.39 bits per heavy atom. The molecule has 36 heavy (non-hydrogen) atoms. The highest BCUT2D eigenvalue weighted by Crippen LogP contribution is 2.45. The zero-order chi connectivity index (χ0) is 25.1. The van der Waals surface area contributed by atoms with E-state index in [1.165, 1.54) is 11.1 Å². The highest BCUT2D eigenvalue weighted by molar-refractivity contribution is 8.00. The van der Waals surface area contributed by atoms with Gasteiger partial charge < -0.3 is 15.2 Å². The third-order valence-electron chi connectivity index (χ3n) is 8.44. The van der Waals surface area contributed by atoms with Gasteiger partial charge in [-0.25, -0.2) is 0 Å². The minimum absolute atomic E-state index is 0.0507. The second-order valence-electron chi connectivity index (χ2n) is 10.1. The van der Waals surface area contributed by atoms with Crippen LogP contribution in [0.25, 0.3) is 0 Å². The molecule has 6 rings (SSSR count). The summed E-state index contributed by atoms with van der Waals surface area (Å²) in [5.74, 6) is -0.650. The highest BCUT2D eigenvalue weighted by atomic mass is 32.2. The fourth-order valence-electron chi connectivity index (χ4n) is 6.68. The Morgan fingerprint density at radius 1 is 1.14 bits per heavy atom. The van der Waals surface area contributed by atoms with Crippen LogP contribution in [0.2, 0.25) is 0 Å². The molecule has 0 radical (unpaired) electrons. The number of aliphatic carboxylic acids is 1. The summed E-state index contributed by atoms with van der Waals surface area (Å²) in [5, 5.41) is 14.0. The Balaban J connectivity index is 1.51. The number of nitrogens with zero attached hydrogens (tertiary/aromatic N) is 1. The molecule has 2 aromatic carbocycles. The van der Waals surface area contributed by atoms with Crippen LogP contribution >= 0.6 is 11.8 Å². The molecule has 3 aliphatic heterocycles. The Bertz CT molecular complexity index is 1050. The molecule has 3 saturated heterocycles. The van der Waals surface area contributed by atoms with Crippen molar-refractivity contribution in [1.82, 2.24) is 10.2 Å². The van der Waals surface area contributed by atoms with Crippen molar-refractivity contribution in [2.75, 3.05) is 33.0 Å². The Kier molecular flexibility index (Phi) is 7.68. The molecule has 0 amide bonds. The lowest BCUT2D eigenvalue weighted by atomic mass is 9.66. The van der Waals surface area contributed by atoms with Gasteiger partial charge in [-0.3, -0.25) is 9.69 Å². The standard InChI is InChI=1S/C30H36N2O3S/c1-35-30(36-2)17-10-9-15-23(30)19-31-27-24-16-18-32(20-25(24)29(33)34)28(27)26(21-11-5-3-6-12-21)22-13-7-4-8-14-22/h3-15,17,23-28,31H,16,18-20H2,1-2H3,(H,33,34)/t23?,24-,25-,27-,28-,30?/m0/s1. The topological polar surface area (TPSA) is 61.8 Å². The molecule has 3 heterocycles. The van der Waals surface area contributed by atoms with Gasteiger partial charge in [-0.05, 0) is 42.3 Å². The number of nitrogens with one attached hydrogen (secondary N) is 1. The largest absolute Gasteiger partial charge is 0.481 e. The molecule has 0 saturated carbocycles. The lowest BCUT2D eigenvalue weighted by molar-refractivity contribution is -0.152. The average Bonchev–Trinajstić information content (AvgIpc) is 2.94. The number of carboxylic acids is 1. The number of carbonyl (C=O) groups is 1. The van der Waals surface area contributed by atoms with Crippen LogP contribution < -0.4 is 5.32 Å². The summed E-state index contributed by atoms with van der Waals surface area (Å²) in [4.78, 5) is 14.3. The van der Waals surface area contributed by atoms with Gasteiger partial charge in [0.1, 0.15) is 4.93 Å². The first-order valence-corrected chi connectivity index (χ1v) is 14.1. The number of methoxy groups -OCH3 is 1. The molecule has 3 fully saturated rings. The summed E-state index contributed by atoms with van der Waals surface area (Å²) >= 11 is 1.70. The van der Waals surface area contributed by atoms with Crippen molar-refractivity contribution in [3.63, 3.8) is 0 Å². The van der Waals surface area contributed by atoms with E-state index in [2.05, 4.69) is 101 Å². The lowest BCUT2D eigenvalue weighted by Crippen LogP contribution is -2.69. The second-order valence-corrected chi connectivity index (χ2v) is 11.1. The van der Waals surface area contributed by atoms with Gasteiger partial charge in [0, 0.05) is 44.1 Å². The number of benzene rings is 2. The number of ether oxygens (including phenoxy) is 1. The highest BCUT2D eigenvalue weighted by Gasteiger charge is 2.52. The van der Waals surface area contributed by atoms with Gasteiger partial charge in [-0.1, -0.05) is 78.9 Å². The quantitative estimate of drug-likeness (QED) is 0.486. The number of thioether (sulfide) groups is 1. The molecule has 2 bridgehead atoms. The minimum atomic E-state index is -0.679. The second kappa shape index (κ2) is 10.9. The number of hydrogen-bond donors (Lipinski definition) is 2. The number of piperidine rings is 3. The monoisotopic (exact) mass is 504 g/mol. The van der Waals surface area contributed by atoms with E-state index in [1.54, 1.807) is 18.9 Å². The zero-order valence-electron chi connectivity index (χ0n) is 21.0. The van der Waals surface area contributed by atoms with Gasteiger partial charge in [-0.2, -0.15) is 0 Å². The van der Waals surface area contributed by atoms with Crippen molar-refractivity contribution >= 4 is 17.7 Å². The van der Waals surface area contributed by atoms with Crippen LogP contribution in [-0.2, 0) is 9.53 Å². The van der Waals surface area contributed by atoms with Crippen LogP contribution in [0.1, 0.15) is 23.5 Å². The number of rotatable bonds is 9. The number of hydrogen-bond acceptors (Lipinski definition) is 5. The summed E-state index contributed by atoms with van der Waals surface area (Å²) in [6, 6.07) is 21.6. The first-order valence-electron chi connectivity index (χ1n) is 12.8. The molecule has 1 aliphatic carbocycles. The minimum Gasteiger partial charge on any atom is -0.481 e. The van der Waals surface area contributed by atoms with Crippen LogP contribution in [-0.4, -0.2) is 66.0 Å². The van der Waals surface area contributed by atoms with E-state index in [0.717, 1.165) is 19.5 Å². The Labute approximate surface area is 218 Å². The van der Waals surface area contributed by atoms with Gasteiger partial charge in [0.25, 0.3) is 0 Å². The molecule has 6 heteroatoms. The molecule has 0 aromatic heterocycles. The third-order valence-corrected chi connectivity index (χ3v) is 9.68. The molecular weight excluding hydrogens is 468 g/mol. The summed E-state index contributed by atoms with van der Waals surface area (Å²) < 4.78 is 6.00. The van der Waals surface area contributed by atoms with E-state index in [4.69, 9.17) is 4.74 Å². The van der Waals surface area contributed by atoms with Crippen molar-refractivity contribution in [2.24, 2.45) is 17.8 Å². The van der Waals surface area contributed by atoms with Crippen molar-refractivity contribution in [3.8, 4) is 0 Å². The lowest BCUT2D eigenvalue weighted by Gasteiger charge is -2.56. The van der Waals surface area contributed by atoms with Crippen molar-refractivity contribution in [3.05, 3.63) is 96.1 Å². The van der Waals surface area contributed by atoms with E-state index in [1.807, 2.05) is 0 Å². The maximum atomic E-state index is 12.3. The zero-order valence-corrected chi connectivity index (χ0v) is 21.8. The van der Waals surface area contributed by atoms with Crippen molar-refractivity contribution in [2.45, 2.75) is 29.4 Å². The molecule has 0 spiro atoms.